The molecule has 0 aromatic heterocycles. The highest BCUT2D eigenvalue weighted by molar-refractivity contribution is 14.0. The van der Waals surface area contributed by atoms with Crippen LogP contribution in [0.3, 0.4) is 0 Å². The minimum Gasteiger partial charge on any atom is -0.383 e. The summed E-state index contributed by atoms with van der Waals surface area (Å²) in [5.41, 5.74) is 5.58. The van der Waals surface area contributed by atoms with Crippen molar-refractivity contribution < 1.29 is 17.9 Å². The third kappa shape index (κ3) is 10.5. The number of nitrogens with two attached hydrogens (primary N) is 1. The number of nitrogens with zero attached hydrogens (tertiary/aromatic N) is 1. The lowest BCUT2D eigenvalue weighted by Gasteiger charge is -2.22. The van der Waals surface area contributed by atoms with Crippen LogP contribution in [0.5, 0.6) is 0 Å². The Morgan fingerprint density at radius 3 is 2.86 bits per heavy atom. The van der Waals surface area contributed by atoms with Gasteiger partial charge in [-0.15, -0.1) is 24.0 Å². The highest BCUT2D eigenvalue weighted by Crippen LogP contribution is 2.11. The number of rotatable bonds is 9. The zero-order valence-corrected chi connectivity index (χ0v) is 16.1. The zero-order valence-electron chi connectivity index (χ0n) is 12.9. The SMILES string of the molecule is COCCN=C(N)NCCS(=O)(=O)NCC1CCCCO1.I. The zero-order chi connectivity index (χ0) is 15.6. The van der Waals surface area contributed by atoms with Crippen molar-refractivity contribution in [2.75, 3.05) is 45.7 Å². The first-order chi connectivity index (χ1) is 10.0. The fraction of sp³-hybridized carbons (Fsp3) is 0.917. The molecule has 132 valence electrons. The Labute approximate surface area is 149 Å². The molecule has 1 aliphatic rings. The summed E-state index contributed by atoms with van der Waals surface area (Å²) in [5, 5.41) is 2.76. The maximum Gasteiger partial charge on any atom is 0.213 e. The predicted octanol–water partition coefficient (Wildman–Crippen LogP) is -0.356. The minimum absolute atomic E-state index is 0. The van der Waals surface area contributed by atoms with E-state index in [2.05, 4.69) is 15.0 Å². The molecule has 1 saturated heterocycles. The van der Waals surface area contributed by atoms with Gasteiger partial charge in [-0.3, -0.25) is 4.99 Å². The van der Waals surface area contributed by atoms with Crippen molar-refractivity contribution in [2.24, 2.45) is 10.7 Å². The molecule has 0 amide bonds. The Morgan fingerprint density at radius 2 is 2.23 bits per heavy atom. The number of ether oxygens (including phenoxy) is 2. The van der Waals surface area contributed by atoms with Crippen LogP contribution >= 0.6 is 24.0 Å². The number of methoxy groups -OCH3 is 1. The van der Waals surface area contributed by atoms with Gasteiger partial charge < -0.3 is 20.5 Å². The van der Waals surface area contributed by atoms with E-state index in [4.69, 9.17) is 15.2 Å². The van der Waals surface area contributed by atoms with E-state index in [9.17, 15) is 8.42 Å². The molecule has 1 aliphatic heterocycles. The van der Waals surface area contributed by atoms with Gasteiger partial charge in [0.15, 0.2) is 5.96 Å². The lowest BCUT2D eigenvalue weighted by atomic mass is 10.1. The number of hydrogen-bond donors (Lipinski definition) is 3. The van der Waals surface area contributed by atoms with Crippen molar-refractivity contribution in [3.8, 4) is 0 Å². The van der Waals surface area contributed by atoms with Gasteiger partial charge in [0, 0.05) is 26.8 Å². The van der Waals surface area contributed by atoms with Gasteiger partial charge in [0.1, 0.15) is 0 Å². The van der Waals surface area contributed by atoms with Crippen LogP contribution in [0.4, 0.5) is 0 Å². The van der Waals surface area contributed by atoms with E-state index in [1.807, 2.05) is 0 Å². The molecule has 4 N–H and O–H groups in total. The van der Waals surface area contributed by atoms with E-state index >= 15 is 0 Å². The van der Waals surface area contributed by atoms with Crippen LogP contribution in [0.1, 0.15) is 19.3 Å². The van der Waals surface area contributed by atoms with Gasteiger partial charge in [-0.1, -0.05) is 0 Å². The number of sulfonamides is 1. The predicted molar refractivity (Wildman–Crippen MR) is 97.2 cm³/mol. The Bertz CT molecular complexity index is 413. The Morgan fingerprint density at radius 1 is 1.45 bits per heavy atom. The molecule has 0 radical (unpaired) electrons. The highest BCUT2D eigenvalue weighted by atomic mass is 127. The smallest absolute Gasteiger partial charge is 0.213 e. The topological polar surface area (TPSA) is 115 Å². The average molecular weight is 450 g/mol. The van der Waals surface area contributed by atoms with Gasteiger partial charge in [0.2, 0.25) is 10.0 Å². The number of nitrogens with one attached hydrogen (secondary N) is 2. The molecular weight excluding hydrogens is 423 g/mol. The fourth-order valence-electron chi connectivity index (χ4n) is 1.89. The molecule has 0 aromatic rings. The molecule has 0 saturated carbocycles. The maximum atomic E-state index is 11.8. The first kappa shape index (κ1) is 21.8. The largest absolute Gasteiger partial charge is 0.383 e. The van der Waals surface area contributed by atoms with Crippen molar-refractivity contribution in [3.63, 3.8) is 0 Å². The van der Waals surface area contributed by atoms with Crippen molar-refractivity contribution in [2.45, 2.75) is 25.4 Å². The van der Waals surface area contributed by atoms with Gasteiger partial charge in [-0.25, -0.2) is 13.1 Å². The number of guanidine groups is 1. The average Bonchev–Trinajstić information content (AvgIpc) is 2.46. The van der Waals surface area contributed by atoms with E-state index < -0.39 is 10.0 Å². The van der Waals surface area contributed by atoms with Crippen LogP contribution in [0, 0.1) is 0 Å². The monoisotopic (exact) mass is 450 g/mol. The fourth-order valence-corrected chi connectivity index (χ4v) is 2.84. The van der Waals surface area contributed by atoms with Crippen LogP contribution in [-0.4, -0.2) is 66.2 Å². The molecule has 1 unspecified atom stereocenters. The first-order valence-corrected chi connectivity index (χ1v) is 8.80. The lowest BCUT2D eigenvalue weighted by molar-refractivity contribution is 0.0200. The van der Waals surface area contributed by atoms with Gasteiger partial charge in [-0.05, 0) is 19.3 Å². The molecule has 0 bridgehead atoms. The van der Waals surface area contributed by atoms with Crippen LogP contribution in [-0.2, 0) is 19.5 Å². The summed E-state index contributed by atoms with van der Waals surface area (Å²) in [6.07, 6.45) is 3.03. The van der Waals surface area contributed by atoms with Gasteiger partial charge >= 0.3 is 0 Å². The molecule has 0 spiro atoms. The molecule has 0 aromatic carbocycles. The summed E-state index contributed by atoms with van der Waals surface area (Å²) in [6, 6.07) is 0. The summed E-state index contributed by atoms with van der Waals surface area (Å²) in [5.74, 6) is 0.165. The molecule has 1 atom stereocenters. The van der Waals surface area contributed by atoms with E-state index in [0.717, 1.165) is 19.3 Å². The number of hydrogen-bond acceptors (Lipinski definition) is 5. The summed E-state index contributed by atoms with van der Waals surface area (Å²) in [7, 11) is -1.75. The third-order valence-electron chi connectivity index (χ3n) is 3.06. The molecule has 10 heteroatoms. The van der Waals surface area contributed by atoms with Gasteiger partial charge in [0.05, 0.1) is 25.0 Å². The molecule has 1 heterocycles. The van der Waals surface area contributed by atoms with Crippen molar-refractivity contribution in [3.05, 3.63) is 0 Å². The van der Waals surface area contributed by atoms with E-state index in [0.29, 0.717) is 26.3 Å². The number of halogens is 1. The second-order valence-corrected chi connectivity index (χ2v) is 6.77. The molecule has 0 aliphatic carbocycles. The second kappa shape index (κ2) is 12.3. The van der Waals surface area contributed by atoms with E-state index in [-0.39, 0.29) is 48.3 Å². The molecular formula is C12H27IN4O4S. The van der Waals surface area contributed by atoms with Crippen molar-refractivity contribution in [1.82, 2.24) is 10.0 Å². The summed E-state index contributed by atoms with van der Waals surface area (Å²) < 4.78 is 36.5. The summed E-state index contributed by atoms with van der Waals surface area (Å²) in [6.45, 7) is 2.17. The molecule has 22 heavy (non-hydrogen) atoms. The van der Waals surface area contributed by atoms with Crippen LogP contribution in [0.2, 0.25) is 0 Å². The summed E-state index contributed by atoms with van der Waals surface area (Å²) >= 11 is 0. The third-order valence-corrected chi connectivity index (χ3v) is 4.41. The van der Waals surface area contributed by atoms with Crippen LogP contribution in [0.25, 0.3) is 0 Å². The second-order valence-electron chi connectivity index (χ2n) is 4.84. The van der Waals surface area contributed by atoms with E-state index in [1.165, 1.54) is 0 Å². The van der Waals surface area contributed by atoms with Gasteiger partial charge in [0.25, 0.3) is 0 Å². The highest BCUT2D eigenvalue weighted by Gasteiger charge is 2.17. The molecule has 8 nitrogen and oxygen atoms in total. The van der Waals surface area contributed by atoms with Crippen LogP contribution in [0.15, 0.2) is 4.99 Å². The van der Waals surface area contributed by atoms with Gasteiger partial charge in [-0.2, -0.15) is 0 Å². The lowest BCUT2D eigenvalue weighted by Crippen LogP contribution is -2.41. The maximum absolute atomic E-state index is 11.8. The molecule has 1 rings (SSSR count). The Hall–Kier alpha value is -0.170. The Kier molecular flexibility index (Phi) is 12.2. The molecule has 1 fully saturated rings. The van der Waals surface area contributed by atoms with Crippen LogP contribution < -0.4 is 15.8 Å². The quantitative estimate of drug-likeness (QED) is 0.191. The van der Waals surface area contributed by atoms with E-state index in [1.54, 1.807) is 7.11 Å². The minimum atomic E-state index is -3.33. The summed E-state index contributed by atoms with van der Waals surface area (Å²) in [4.78, 5) is 3.98. The van der Waals surface area contributed by atoms with Crippen molar-refractivity contribution in [1.29, 1.82) is 0 Å². The standard InChI is InChI=1S/C12H26N4O4S.HI/c1-19-8-5-14-12(13)15-6-9-21(17,18)16-10-11-4-2-3-7-20-11;/h11,16H,2-10H2,1H3,(H3,13,14,15);1H. The Balaban J connectivity index is 0.00000441. The van der Waals surface area contributed by atoms with Crippen molar-refractivity contribution >= 4 is 40.0 Å². The normalized spacial score (nSPS) is 19.5. The number of aliphatic imine (C=N–C) groups is 1. The first-order valence-electron chi connectivity index (χ1n) is 7.15.